The van der Waals surface area contributed by atoms with Crippen molar-refractivity contribution in [2.45, 2.75) is 113 Å². The van der Waals surface area contributed by atoms with E-state index in [-0.39, 0.29) is 0 Å². The van der Waals surface area contributed by atoms with Crippen molar-refractivity contribution in [3.8, 4) is 28.4 Å². The Morgan fingerprint density at radius 3 is 1.38 bits per heavy atom. The van der Waals surface area contributed by atoms with Crippen LogP contribution >= 0.6 is 7.37 Å². The van der Waals surface area contributed by atoms with E-state index in [4.69, 9.17) is 14.0 Å². The highest BCUT2D eigenvalue weighted by Gasteiger charge is 2.55. The molecular weight excluding hydrogens is 868 g/mol. The molecule has 350 valence electrons. The van der Waals surface area contributed by atoms with Crippen LogP contribution in [0.2, 0.25) is 0 Å². The molecular formula is C62H63N2O4P. The fourth-order valence-electron chi connectivity index (χ4n) is 17.2. The fourth-order valence-corrected chi connectivity index (χ4v) is 20.1. The summed E-state index contributed by atoms with van der Waals surface area (Å²) in [6.45, 7) is 4.71. The topological polar surface area (TPSA) is 51.2 Å². The second kappa shape index (κ2) is 15.0. The molecule has 8 saturated carbocycles. The molecule has 0 amide bonds. The average molecular weight is 931 g/mol. The van der Waals surface area contributed by atoms with E-state index in [1.165, 1.54) is 88.2 Å². The first-order valence-electron chi connectivity index (χ1n) is 26.4. The standard InChI is InChI=1S/C62H63N2O4P/c1-60(69(65)59-9-5-3-7-55(59)54-6-2-4-8-58(54)68-69,48-10-16-52(17-11-48)63-36-46-28-50(14-20-56(46)66-38-63)61-30-40-22-41(31-61)24-42(23-40)32-61)49-12-18-53(19-13-49)64-37-47-29-51(15-21-57(47)67-39-64)62-33-43-25-44(34-62)27-45(26-43)35-62/h2-21,28-29,40-45H,22-27,30-39H2,1H3. The van der Waals surface area contributed by atoms with E-state index >= 15 is 4.57 Å². The third kappa shape index (κ3) is 6.32. The highest BCUT2D eigenvalue weighted by atomic mass is 31.2. The quantitative estimate of drug-likeness (QED) is 0.149. The summed E-state index contributed by atoms with van der Waals surface area (Å²) < 4.78 is 36.5. The highest BCUT2D eigenvalue weighted by molar-refractivity contribution is 7.69. The number of ether oxygens (including phenoxy) is 2. The van der Waals surface area contributed by atoms with Crippen LogP contribution in [-0.2, 0) is 33.6 Å². The zero-order valence-electron chi connectivity index (χ0n) is 40.0. The van der Waals surface area contributed by atoms with Gasteiger partial charge < -0.3 is 23.8 Å². The number of hydrogen-bond donors (Lipinski definition) is 0. The number of nitrogens with zero attached hydrogens (tertiary/aromatic N) is 2. The second-order valence-electron chi connectivity index (χ2n) is 23.8. The molecule has 0 saturated heterocycles. The number of fused-ring (bicyclic) bond motifs is 5. The van der Waals surface area contributed by atoms with Gasteiger partial charge in [0.1, 0.15) is 22.4 Å². The molecule has 8 aliphatic carbocycles. The molecule has 8 bridgehead atoms. The van der Waals surface area contributed by atoms with Gasteiger partial charge in [0, 0.05) is 41.2 Å². The van der Waals surface area contributed by atoms with Crippen molar-refractivity contribution < 1.29 is 18.6 Å². The predicted octanol–water partition coefficient (Wildman–Crippen LogP) is 14.3. The van der Waals surface area contributed by atoms with Crippen LogP contribution in [0.4, 0.5) is 11.4 Å². The van der Waals surface area contributed by atoms with Crippen molar-refractivity contribution in [2.75, 3.05) is 23.3 Å². The van der Waals surface area contributed by atoms with Crippen LogP contribution in [0.3, 0.4) is 0 Å². The first-order valence-corrected chi connectivity index (χ1v) is 28.0. The monoisotopic (exact) mass is 930 g/mol. The molecule has 8 fully saturated rings. The van der Waals surface area contributed by atoms with Gasteiger partial charge in [-0.1, -0.05) is 72.8 Å². The van der Waals surface area contributed by atoms with Gasteiger partial charge in [0.05, 0.1) is 5.30 Å². The Morgan fingerprint density at radius 1 is 0.493 bits per heavy atom. The maximum absolute atomic E-state index is 16.5. The predicted molar refractivity (Wildman–Crippen MR) is 275 cm³/mol. The maximum Gasteiger partial charge on any atom is 0.292 e. The molecule has 6 aromatic rings. The van der Waals surface area contributed by atoms with Crippen LogP contribution in [0.25, 0.3) is 11.1 Å². The molecule has 7 heteroatoms. The van der Waals surface area contributed by atoms with Crippen molar-refractivity contribution in [3.05, 3.63) is 167 Å². The van der Waals surface area contributed by atoms with Crippen molar-refractivity contribution >= 4 is 24.0 Å². The van der Waals surface area contributed by atoms with E-state index in [9.17, 15) is 0 Å². The van der Waals surface area contributed by atoms with E-state index in [0.717, 1.165) is 99.0 Å². The van der Waals surface area contributed by atoms with Crippen molar-refractivity contribution in [1.29, 1.82) is 0 Å². The zero-order chi connectivity index (χ0) is 45.7. The normalized spacial score (nSPS) is 32.7. The van der Waals surface area contributed by atoms with Crippen LogP contribution in [0.1, 0.15) is 117 Å². The van der Waals surface area contributed by atoms with E-state index in [2.05, 4.69) is 114 Å². The van der Waals surface area contributed by atoms with Crippen LogP contribution < -0.4 is 29.1 Å². The van der Waals surface area contributed by atoms with Gasteiger partial charge in [0.2, 0.25) is 0 Å². The summed E-state index contributed by atoms with van der Waals surface area (Å²) in [6.07, 6.45) is 16.9. The van der Waals surface area contributed by atoms with Gasteiger partial charge >= 0.3 is 0 Å². The average Bonchev–Trinajstić information content (AvgIpc) is 3.37. The van der Waals surface area contributed by atoms with Gasteiger partial charge in [0.25, 0.3) is 7.37 Å². The molecule has 6 aromatic carbocycles. The summed E-state index contributed by atoms with van der Waals surface area (Å²) >= 11 is 0. The van der Waals surface area contributed by atoms with Crippen LogP contribution in [0, 0.1) is 35.5 Å². The van der Waals surface area contributed by atoms with Gasteiger partial charge in [0.15, 0.2) is 13.5 Å². The van der Waals surface area contributed by atoms with Gasteiger partial charge in [-0.2, -0.15) is 0 Å². The van der Waals surface area contributed by atoms with Gasteiger partial charge in [-0.15, -0.1) is 0 Å². The van der Waals surface area contributed by atoms with Crippen molar-refractivity contribution in [2.24, 2.45) is 35.5 Å². The van der Waals surface area contributed by atoms with Crippen molar-refractivity contribution in [3.63, 3.8) is 0 Å². The first-order chi connectivity index (χ1) is 33.7. The molecule has 11 aliphatic rings. The molecule has 0 spiro atoms. The Hall–Kier alpha value is -5.45. The molecule has 17 rings (SSSR count). The van der Waals surface area contributed by atoms with Crippen LogP contribution in [0.5, 0.6) is 17.2 Å². The number of hydrogen-bond acceptors (Lipinski definition) is 6. The lowest BCUT2D eigenvalue weighted by atomic mass is 9.48. The summed E-state index contributed by atoms with van der Waals surface area (Å²) in [6, 6.07) is 48.1. The Morgan fingerprint density at radius 2 is 0.913 bits per heavy atom. The summed E-state index contributed by atoms with van der Waals surface area (Å²) in [4.78, 5) is 4.69. The minimum atomic E-state index is -3.72. The molecule has 0 radical (unpaired) electrons. The summed E-state index contributed by atoms with van der Waals surface area (Å²) in [5.41, 5.74) is 12.4. The summed E-state index contributed by atoms with van der Waals surface area (Å²) in [5, 5.41) is -0.283. The van der Waals surface area contributed by atoms with E-state index in [1.807, 2.05) is 36.4 Å². The minimum absolute atomic E-state index is 0.346. The minimum Gasteiger partial charge on any atom is -0.473 e. The smallest absolute Gasteiger partial charge is 0.292 e. The Kier molecular flexibility index (Phi) is 9.01. The lowest BCUT2D eigenvalue weighted by Gasteiger charge is -2.57. The van der Waals surface area contributed by atoms with Crippen LogP contribution in [-0.4, -0.2) is 13.5 Å². The maximum atomic E-state index is 16.5. The highest BCUT2D eigenvalue weighted by Crippen LogP contribution is 2.69. The first kappa shape index (κ1) is 41.3. The second-order valence-corrected chi connectivity index (χ2v) is 26.5. The molecule has 3 aliphatic heterocycles. The van der Waals surface area contributed by atoms with Gasteiger partial charge in [-0.3, -0.25) is 4.57 Å². The summed E-state index contributed by atoms with van der Waals surface area (Å²) in [7, 11) is -3.72. The van der Waals surface area contributed by atoms with E-state index < -0.39 is 12.5 Å². The van der Waals surface area contributed by atoms with E-state index in [0.29, 0.717) is 30.0 Å². The molecule has 6 nitrogen and oxygen atoms in total. The third-order valence-electron chi connectivity index (χ3n) is 19.7. The lowest BCUT2D eigenvalue weighted by Crippen LogP contribution is -2.48. The fraction of sp³-hybridized carbons (Fsp3) is 0.419. The van der Waals surface area contributed by atoms with Gasteiger partial charge in [-0.05, 0) is 219 Å². The molecule has 3 heterocycles. The molecule has 0 N–H and O–H groups in total. The van der Waals surface area contributed by atoms with Crippen molar-refractivity contribution in [1.82, 2.24) is 0 Å². The number of rotatable bonds is 7. The zero-order valence-corrected chi connectivity index (χ0v) is 40.8. The molecule has 1 atom stereocenters. The van der Waals surface area contributed by atoms with Crippen LogP contribution in [0.15, 0.2) is 133 Å². The van der Waals surface area contributed by atoms with Gasteiger partial charge in [-0.25, -0.2) is 0 Å². The molecule has 0 aromatic heterocycles. The number of para-hydroxylation sites is 1. The molecule has 1 unspecified atom stereocenters. The number of anilines is 2. The Balaban J connectivity index is 0.754. The third-order valence-corrected chi connectivity index (χ3v) is 22.9. The molecule has 69 heavy (non-hydrogen) atoms. The Bertz CT molecular complexity index is 2870. The summed E-state index contributed by atoms with van der Waals surface area (Å²) in [5.74, 6) is 8.14. The Labute approximate surface area is 407 Å². The SMILES string of the molecule is CC(c1ccc(N2COc3ccc(C45CC6CC(CC(C6)C4)C5)cc3C2)cc1)(c1ccc(N2COc3ccc(C45CC6CC(CC(C6)C4)C5)cc3C2)cc1)P1(=O)Oc2ccccc2-c2ccccc21. The lowest BCUT2D eigenvalue weighted by molar-refractivity contribution is -0.00538. The van der Waals surface area contributed by atoms with E-state index in [1.54, 1.807) is 11.1 Å². The largest absolute Gasteiger partial charge is 0.473 e. The number of benzene rings is 6.